The quantitative estimate of drug-likeness (QED) is 0.849. The highest BCUT2D eigenvalue weighted by Crippen LogP contribution is 2.18. The molecule has 0 aliphatic heterocycles. The van der Waals surface area contributed by atoms with E-state index in [0.717, 1.165) is 12.0 Å². The van der Waals surface area contributed by atoms with Gasteiger partial charge in [-0.2, -0.15) is 0 Å². The number of anilines is 1. The molecule has 2 heterocycles. The van der Waals surface area contributed by atoms with E-state index in [1.807, 2.05) is 12.3 Å². The molecule has 4 heteroatoms. The predicted octanol–water partition coefficient (Wildman–Crippen LogP) is 2.43. The van der Waals surface area contributed by atoms with Crippen molar-refractivity contribution in [3.05, 3.63) is 48.5 Å². The van der Waals surface area contributed by atoms with Crippen LogP contribution in [0, 0.1) is 0 Å². The summed E-state index contributed by atoms with van der Waals surface area (Å²) in [4.78, 5) is 12.4. The Balaban J connectivity index is 2.13. The molecule has 1 unspecified atom stereocenters. The topological polar surface area (TPSA) is 50.7 Å². The third-order valence-corrected chi connectivity index (χ3v) is 2.36. The smallest absolute Gasteiger partial charge is 0.223 e. The molecule has 0 aromatic carbocycles. The van der Waals surface area contributed by atoms with E-state index >= 15 is 0 Å². The Morgan fingerprint density at radius 3 is 2.62 bits per heavy atom. The predicted molar refractivity (Wildman–Crippen MR) is 62.9 cm³/mol. The lowest BCUT2D eigenvalue weighted by Gasteiger charge is -2.16. The minimum Gasteiger partial charge on any atom is -0.347 e. The van der Waals surface area contributed by atoms with Crippen LogP contribution in [0.25, 0.3) is 0 Å². The molecule has 2 aromatic heterocycles. The first-order valence-corrected chi connectivity index (χ1v) is 5.33. The molecular weight excluding hydrogens is 200 g/mol. The fourth-order valence-electron chi connectivity index (χ4n) is 1.53. The summed E-state index contributed by atoms with van der Waals surface area (Å²) in [5.41, 5.74) is 1.15. The summed E-state index contributed by atoms with van der Waals surface area (Å²) < 4.78 is 0. The zero-order chi connectivity index (χ0) is 11.2. The van der Waals surface area contributed by atoms with Gasteiger partial charge in [-0.15, -0.1) is 0 Å². The second kappa shape index (κ2) is 5.21. The largest absolute Gasteiger partial charge is 0.347 e. The molecule has 2 rings (SSSR count). The number of hydrogen-bond donors (Lipinski definition) is 1. The lowest BCUT2D eigenvalue weighted by molar-refractivity contribution is 0.734. The first-order valence-electron chi connectivity index (χ1n) is 5.33. The standard InChI is InChI=1S/C12H14N4/c1-2-11(10-5-3-6-13-9-10)16-12-14-7-4-8-15-12/h3-9,11H,2H2,1H3,(H,14,15,16). The second-order valence-corrected chi connectivity index (χ2v) is 3.46. The molecule has 1 atom stereocenters. The Bertz CT molecular complexity index is 416. The van der Waals surface area contributed by atoms with Crippen LogP contribution >= 0.6 is 0 Å². The molecule has 0 fully saturated rings. The molecule has 2 aromatic rings. The van der Waals surface area contributed by atoms with Gasteiger partial charge in [-0.3, -0.25) is 4.98 Å². The number of nitrogens with zero attached hydrogens (tertiary/aromatic N) is 3. The molecule has 16 heavy (non-hydrogen) atoms. The summed E-state index contributed by atoms with van der Waals surface area (Å²) in [5.74, 6) is 0.651. The maximum Gasteiger partial charge on any atom is 0.223 e. The third kappa shape index (κ3) is 2.53. The summed E-state index contributed by atoms with van der Waals surface area (Å²) >= 11 is 0. The van der Waals surface area contributed by atoms with E-state index in [2.05, 4.69) is 33.3 Å². The van der Waals surface area contributed by atoms with Crippen LogP contribution in [0.1, 0.15) is 24.9 Å². The van der Waals surface area contributed by atoms with Crippen LogP contribution in [0.5, 0.6) is 0 Å². The van der Waals surface area contributed by atoms with E-state index in [0.29, 0.717) is 5.95 Å². The molecule has 4 nitrogen and oxygen atoms in total. The summed E-state index contributed by atoms with van der Waals surface area (Å²) in [6.45, 7) is 2.12. The maximum absolute atomic E-state index is 4.15. The van der Waals surface area contributed by atoms with Crippen LogP contribution in [0.3, 0.4) is 0 Å². The Kier molecular flexibility index (Phi) is 3.43. The van der Waals surface area contributed by atoms with Crippen molar-refractivity contribution in [2.75, 3.05) is 5.32 Å². The summed E-state index contributed by atoms with van der Waals surface area (Å²) in [5, 5.41) is 3.28. The van der Waals surface area contributed by atoms with Gasteiger partial charge in [-0.05, 0) is 24.1 Å². The lowest BCUT2D eigenvalue weighted by Crippen LogP contribution is -2.11. The Labute approximate surface area is 94.8 Å². The van der Waals surface area contributed by atoms with Gasteiger partial charge >= 0.3 is 0 Å². The SMILES string of the molecule is CCC(Nc1ncccn1)c1cccnc1. The van der Waals surface area contributed by atoms with Gasteiger partial charge in [0.1, 0.15) is 0 Å². The van der Waals surface area contributed by atoms with Gasteiger partial charge in [0.05, 0.1) is 6.04 Å². The van der Waals surface area contributed by atoms with Crippen LogP contribution in [0.2, 0.25) is 0 Å². The van der Waals surface area contributed by atoms with Gasteiger partial charge in [0.25, 0.3) is 0 Å². The Morgan fingerprint density at radius 2 is 2.00 bits per heavy atom. The van der Waals surface area contributed by atoms with Crippen molar-refractivity contribution in [1.29, 1.82) is 0 Å². The van der Waals surface area contributed by atoms with E-state index < -0.39 is 0 Å². The highest BCUT2D eigenvalue weighted by Gasteiger charge is 2.09. The molecule has 0 bridgehead atoms. The number of aromatic nitrogens is 3. The molecule has 0 radical (unpaired) electrons. The molecule has 82 valence electrons. The first-order chi connectivity index (χ1) is 7.90. The van der Waals surface area contributed by atoms with Gasteiger partial charge in [0.15, 0.2) is 0 Å². The van der Waals surface area contributed by atoms with E-state index in [1.54, 1.807) is 24.7 Å². The highest BCUT2D eigenvalue weighted by molar-refractivity contribution is 5.29. The molecule has 0 saturated heterocycles. The summed E-state index contributed by atoms with van der Waals surface area (Å²) in [7, 11) is 0. The molecule has 1 N–H and O–H groups in total. The number of nitrogens with one attached hydrogen (secondary N) is 1. The first kappa shape index (κ1) is 10.5. The maximum atomic E-state index is 4.15. The van der Waals surface area contributed by atoms with E-state index in [-0.39, 0.29) is 6.04 Å². The molecule has 0 amide bonds. The van der Waals surface area contributed by atoms with Crippen molar-refractivity contribution in [2.24, 2.45) is 0 Å². The van der Waals surface area contributed by atoms with Crippen molar-refractivity contribution < 1.29 is 0 Å². The minimum atomic E-state index is 0.205. The minimum absolute atomic E-state index is 0.205. The molecule has 0 saturated carbocycles. The van der Waals surface area contributed by atoms with Gasteiger partial charge in [0, 0.05) is 24.8 Å². The molecular formula is C12H14N4. The zero-order valence-electron chi connectivity index (χ0n) is 9.17. The average Bonchev–Trinajstić information content (AvgIpc) is 2.38. The van der Waals surface area contributed by atoms with Crippen LogP contribution in [-0.2, 0) is 0 Å². The second-order valence-electron chi connectivity index (χ2n) is 3.46. The number of hydrogen-bond acceptors (Lipinski definition) is 4. The van der Waals surface area contributed by atoms with Crippen LogP contribution < -0.4 is 5.32 Å². The van der Waals surface area contributed by atoms with Gasteiger partial charge in [0.2, 0.25) is 5.95 Å². The van der Waals surface area contributed by atoms with Crippen molar-refractivity contribution >= 4 is 5.95 Å². The van der Waals surface area contributed by atoms with E-state index in [9.17, 15) is 0 Å². The Hall–Kier alpha value is -1.97. The highest BCUT2D eigenvalue weighted by atomic mass is 15.1. The average molecular weight is 214 g/mol. The molecule has 0 aliphatic rings. The monoisotopic (exact) mass is 214 g/mol. The van der Waals surface area contributed by atoms with Gasteiger partial charge < -0.3 is 5.32 Å². The van der Waals surface area contributed by atoms with E-state index in [4.69, 9.17) is 0 Å². The van der Waals surface area contributed by atoms with Gasteiger partial charge in [-0.25, -0.2) is 9.97 Å². The third-order valence-electron chi connectivity index (χ3n) is 2.36. The van der Waals surface area contributed by atoms with Crippen LogP contribution in [0.4, 0.5) is 5.95 Å². The number of pyridine rings is 1. The van der Waals surface area contributed by atoms with Crippen molar-refractivity contribution in [1.82, 2.24) is 15.0 Å². The molecule has 0 spiro atoms. The van der Waals surface area contributed by atoms with Crippen LogP contribution in [-0.4, -0.2) is 15.0 Å². The fourth-order valence-corrected chi connectivity index (χ4v) is 1.53. The summed E-state index contributed by atoms with van der Waals surface area (Å²) in [6, 6.07) is 6.00. The lowest BCUT2D eigenvalue weighted by atomic mass is 10.1. The zero-order valence-corrected chi connectivity index (χ0v) is 9.17. The van der Waals surface area contributed by atoms with Crippen molar-refractivity contribution in [2.45, 2.75) is 19.4 Å². The van der Waals surface area contributed by atoms with Crippen LogP contribution in [0.15, 0.2) is 43.0 Å². The number of rotatable bonds is 4. The Morgan fingerprint density at radius 1 is 1.19 bits per heavy atom. The van der Waals surface area contributed by atoms with Gasteiger partial charge in [-0.1, -0.05) is 13.0 Å². The van der Waals surface area contributed by atoms with Crippen molar-refractivity contribution in [3.63, 3.8) is 0 Å². The fraction of sp³-hybridized carbons (Fsp3) is 0.250. The van der Waals surface area contributed by atoms with E-state index in [1.165, 1.54) is 0 Å². The van der Waals surface area contributed by atoms with Crippen molar-refractivity contribution in [3.8, 4) is 0 Å². The summed E-state index contributed by atoms with van der Waals surface area (Å²) in [6.07, 6.45) is 8.06. The molecule has 0 aliphatic carbocycles. The normalized spacial score (nSPS) is 12.1.